The minimum Gasteiger partial charge on any atom is -0.496 e. The molecule has 0 N–H and O–H groups in total. The van der Waals surface area contributed by atoms with Gasteiger partial charge in [-0.2, -0.15) is 0 Å². The number of benzene rings is 9. The maximum Gasteiger partial charge on any atom is 0.160 e. The van der Waals surface area contributed by atoms with Crippen molar-refractivity contribution in [1.82, 2.24) is 19.1 Å². The van der Waals surface area contributed by atoms with Crippen LogP contribution in [0.3, 0.4) is 0 Å². The molecular weight excluding hydrogens is 709 g/mol. The molecule has 3 aromatic heterocycles. The van der Waals surface area contributed by atoms with Gasteiger partial charge in [0.1, 0.15) is 5.75 Å². The first-order valence-corrected chi connectivity index (χ1v) is 19.6. The predicted molar refractivity (Wildman–Crippen MR) is 241 cm³/mol. The normalized spacial score (nSPS) is 11.9. The smallest absolute Gasteiger partial charge is 0.160 e. The lowest BCUT2D eigenvalue weighted by molar-refractivity contribution is 0.420. The van der Waals surface area contributed by atoms with E-state index in [4.69, 9.17) is 14.7 Å². The third-order valence-electron chi connectivity index (χ3n) is 11.8. The molecule has 5 nitrogen and oxygen atoms in total. The van der Waals surface area contributed by atoms with E-state index in [2.05, 4.69) is 191 Å². The van der Waals surface area contributed by atoms with E-state index >= 15 is 0 Å². The number of hydrogen-bond donors (Lipinski definition) is 0. The summed E-state index contributed by atoms with van der Waals surface area (Å²) in [6.45, 7) is 0. The summed E-state index contributed by atoms with van der Waals surface area (Å²) in [6.07, 6.45) is 0. The molecule has 5 heteroatoms. The van der Waals surface area contributed by atoms with Gasteiger partial charge in [0, 0.05) is 60.2 Å². The summed E-state index contributed by atoms with van der Waals surface area (Å²) in [6, 6.07) is 67.0. The Kier molecular flexibility index (Phi) is 7.07. The minimum absolute atomic E-state index is 0.682. The van der Waals surface area contributed by atoms with Crippen molar-refractivity contribution in [3.63, 3.8) is 0 Å². The first-order chi connectivity index (χ1) is 28.7. The molecule has 0 saturated heterocycles. The van der Waals surface area contributed by atoms with Crippen molar-refractivity contribution < 1.29 is 4.74 Å². The molecule has 272 valence electrons. The Hall–Kier alpha value is -7.76. The molecule has 0 spiro atoms. The second kappa shape index (κ2) is 12.6. The molecule has 0 unspecified atom stereocenters. The molecular formula is C53H34N4O. The van der Waals surface area contributed by atoms with Crippen LogP contribution in [0.25, 0.3) is 110 Å². The van der Waals surface area contributed by atoms with Gasteiger partial charge in [-0.1, -0.05) is 115 Å². The Morgan fingerprint density at radius 1 is 0.397 bits per heavy atom. The van der Waals surface area contributed by atoms with Gasteiger partial charge in [-0.3, -0.25) is 0 Å². The van der Waals surface area contributed by atoms with Crippen molar-refractivity contribution in [2.45, 2.75) is 0 Å². The van der Waals surface area contributed by atoms with E-state index < -0.39 is 0 Å². The van der Waals surface area contributed by atoms with Crippen LogP contribution in [-0.2, 0) is 0 Å². The summed E-state index contributed by atoms with van der Waals surface area (Å²) >= 11 is 0. The third-order valence-corrected chi connectivity index (χ3v) is 11.8. The van der Waals surface area contributed by atoms with Crippen molar-refractivity contribution in [3.05, 3.63) is 188 Å². The largest absolute Gasteiger partial charge is 0.496 e. The molecule has 12 rings (SSSR count). The first-order valence-electron chi connectivity index (χ1n) is 19.6. The van der Waals surface area contributed by atoms with E-state index in [-0.39, 0.29) is 0 Å². The highest BCUT2D eigenvalue weighted by molar-refractivity contribution is 6.14. The van der Waals surface area contributed by atoms with Gasteiger partial charge >= 0.3 is 0 Å². The van der Waals surface area contributed by atoms with Crippen molar-refractivity contribution in [2.24, 2.45) is 0 Å². The van der Waals surface area contributed by atoms with Crippen LogP contribution in [-0.4, -0.2) is 26.2 Å². The number of ether oxygens (including phenoxy) is 1. The lowest BCUT2D eigenvalue weighted by Crippen LogP contribution is -1.99. The second-order valence-corrected chi connectivity index (χ2v) is 14.9. The summed E-state index contributed by atoms with van der Waals surface area (Å²) in [5, 5.41) is 10.3. The summed E-state index contributed by atoms with van der Waals surface area (Å²) in [4.78, 5) is 10.7. The molecule has 12 aromatic rings. The zero-order valence-corrected chi connectivity index (χ0v) is 31.6. The second-order valence-electron chi connectivity index (χ2n) is 14.9. The highest BCUT2D eigenvalue weighted by Gasteiger charge is 2.19. The van der Waals surface area contributed by atoms with Crippen LogP contribution in [0, 0.1) is 0 Å². The monoisotopic (exact) mass is 742 g/mol. The minimum atomic E-state index is 0.682. The van der Waals surface area contributed by atoms with E-state index in [0.29, 0.717) is 5.82 Å². The average molecular weight is 743 g/mol. The van der Waals surface area contributed by atoms with E-state index in [0.717, 1.165) is 77.4 Å². The number of hydrogen-bond acceptors (Lipinski definition) is 3. The number of methoxy groups -OCH3 is 1. The van der Waals surface area contributed by atoms with Crippen molar-refractivity contribution in [3.8, 4) is 39.8 Å². The van der Waals surface area contributed by atoms with Crippen LogP contribution in [0.2, 0.25) is 0 Å². The highest BCUT2D eigenvalue weighted by Crippen LogP contribution is 2.40. The zero-order chi connectivity index (χ0) is 38.3. The van der Waals surface area contributed by atoms with Crippen molar-refractivity contribution in [2.75, 3.05) is 7.11 Å². The third kappa shape index (κ3) is 4.77. The van der Waals surface area contributed by atoms with Crippen molar-refractivity contribution in [1.29, 1.82) is 0 Å². The quantitative estimate of drug-likeness (QED) is 0.165. The standard InChI is InChI=1S/C53H34N4O/c1-58-50-31-30-44(38-14-4-5-18-43(38)50)52-45-28-24-33-12-2-3-13-37(33)51(45)54-53(55-52)34-22-25-35(26-23-34)56-46-19-9-8-17-41(46)42-29-27-36(32-49(42)56)57-47-20-10-6-15-39(47)40-16-7-11-21-48(40)57/h2-32H,1H3. The van der Waals surface area contributed by atoms with Gasteiger partial charge in [0.25, 0.3) is 0 Å². The summed E-state index contributed by atoms with van der Waals surface area (Å²) in [7, 11) is 1.72. The fourth-order valence-electron chi connectivity index (χ4n) is 9.19. The van der Waals surface area contributed by atoms with Crippen LogP contribution in [0.4, 0.5) is 0 Å². The lowest BCUT2D eigenvalue weighted by atomic mass is 9.97. The van der Waals surface area contributed by atoms with Gasteiger partial charge < -0.3 is 13.9 Å². The number of aromatic nitrogens is 4. The number of rotatable bonds is 5. The SMILES string of the molecule is COc1ccc(-c2nc(-c3ccc(-n4c5ccccc5c5ccc(-n6c7ccccc7c7ccccc76)cc54)cc3)nc3c2ccc2ccccc23)c2ccccc12. The fourth-order valence-corrected chi connectivity index (χ4v) is 9.19. The zero-order valence-electron chi connectivity index (χ0n) is 31.6. The van der Waals surface area contributed by atoms with Gasteiger partial charge in [-0.05, 0) is 83.6 Å². The molecule has 58 heavy (non-hydrogen) atoms. The Morgan fingerprint density at radius 2 is 0.931 bits per heavy atom. The highest BCUT2D eigenvalue weighted by atomic mass is 16.5. The van der Waals surface area contributed by atoms with Crippen molar-refractivity contribution >= 4 is 76.1 Å². The van der Waals surface area contributed by atoms with Crippen LogP contribution < -0.4 is 4.74 Å². The Balaban J connectivity index is 1.05. The molecule has 0 bridgehead atoms. The van der Waals surface area contributed by atoms with Crippen LogP contribution >= 0.6 is 0 Å². The van der Waals surface area contributed by atoms with Gasteiger partial charge in [0.15, 0.2) is 5.82 Å². The summed E-state index contributed by atoms with van der Waals surface area (Å²) in [5.41, 5.74) is 10.7. The van der Waals surface area contributed by atoms with E-state index in [9.17, 15) is 0 Å². The molecule has 9 aromatic carbocycles. The van der Waals surface area contributed by atoms with Gasteiger partial charge in [0.05, 0.1) is 40.4 Å². The lowest BCUT2D eigenvalue weighted by Gasteiger charge is -2.15. The Morgan fingerprint density at radius 3 is 1.60 bits per heavy atom. The Labute approximate surface area is 333 Å². The molecule has 0 atom stereocenters. The maximum atomic E-state index is 5.78. The molecule has 0 aliphatic rings. The fraction of sp³-hybridized carbons (Fsp3) is 0.0189. The molecule has 0 aliphatic heterocycles. The molecule has 3 heterocycles. The molecule has 0 radical (unpaired) electrons. The summed E-state index contributed by atoms with van der Waals surface area (Å²) < 4.78 is 10.5. The maximum absolute atomic E-state index is 5.78. The van der Waals surface area contributed by atoms with Crippen LogP contribution in [0.15, 0.2) is 188 Å². The number of para-hydroxylation sites is 3. The van der Waals surface area contributed by atoms with Gasteiger partial charge in [-0.15, -0.1) is 0 Å². The van der Waals surface area contributed by atoms with Gasteiger partial charge in [-0.25, -0.2) is 9.97 Å². The van der Waals surface area contributed by atoms with E-state index in [1.165, 1.54) is 32.6 Å². The van der Waals surface area contributed by atoms with Gasteiger partial charge in [0.2, 0.25) is 0 Å². The molecule has 0 amide bonds. The van der Waals surface area contributed by atoms with E-state index in [1.54, 1.807) is 7.11 Å². The molecule has 0 saturated carbocycles. The number of fused-ring (bicyclic) bond motifs is 10. The molecule has 0 fully saturated rings. The first kappa shape index (κ1) is 32.5. The predicted octanol–water partition coefficient (Wildman–Crippen LogP) is 13.5. The van der Waals surface area contributed by atoms with Crippen LogP contribution in [0.1, 0.15) is 0 Å². The average Bonchev–Trinajstić information content (AvgIpc) is 3.81. The van der Waals surface area contributed by atoms with Crippen LogP contribution in [0.5, 0.6) is 5.75 Å². The topological polar surface area (TPSA) is 44.9 Å². The summed E-state index contributed by atoms with van der Waals surface area (Å²) in [5.74, 6) is 1.52. The number of nitrogens with zero attached hydrogens (tertiary/aromatic N) is 4. The molecule has 0 aliphatic carbocycles. The van der Waals surface area contributed by atoms with E-state index in [1.807, 2.05) is 6.07 Å². The Bertz CT molecular complexity index is 3560.